The van der Waals surface area contributed by atoms with Gasteiger partial charge in [0, 0.05) is 23.9 Å². The number of rotatable bonds is 9. The number of aromatic nitrogens is 3. The number of benzene rings is 2. The lowest BCUT2D eigenvalue weighted by atomic mass is 10.1. The van der Waals surface area contributed by atoms with Crippen LogP contribution in [0.5, 0.6) is 23.1 Å². The average Bonchev–Trinajstić information content (AvgIpc) is 3.27. The summed E-state index contributed by atoms with van der Waals surface area (Å²) in [6.07, 6.45) is 1.42. The molecule has 0 spiro atoms. The standard InChI is InChI=1S/C24H24FN5O4/c1-14(29-22-12-21(30-34-22)24(2,3)25)28-15-7-6-8-16(9-15)33-23-17-10-19(31-4)20(32-5)11-18(17)26-13-27-23/h6-13,28-29H,1H2,2-5H3. The molecule has 0 unspecified atom stereocenters. The Balaban J connectivity index is 1.50. The Labute approximate surface area is 195 Å². The van der Waals surface area contributed by atoms with Crippen LogP contribution in [0.1, 0.15) is 19.5 Å². The van der Waals surface area contributed by atoms with Gasteiger partial charge < -0.3 is 29.4 Å². The van der Waals surface area contributed by atoms with Crippen LogP contribution in [0.25, 0.3) is 10.9 Å². The highest BCUT2D eigenvalue weighted by molar-refractivity contribution is 5.87. The Morgan fingerprint density at radius 1 is 1.03 bits per heavy atom. The molecule has 0 fully saturated rings. The SMILES string of the molecule is C=C(Nc1cccc(Oc2ncnc3cc(OC)c(OC)cc23)c1)Nc1cc(C(C)(C)F)no1. The van der Waals surface area contributed by atoms with E-state index in [9.17, 15) is 4.39 Å². The minimum atomic E-state index is -1.61. The van der Waals surface area contributed by atoms with Crippen LogP contribution < -0.4 is 24.8 Å². The first-order valence-corrected chi connectivity index (χ1v) is 10.3. The van der Waals surface area contributed by atoms with Crippen molar-refractivity contribution in [3.8, 4) is 23.1 Å². The molecule has 0 saturated heterocycles. The quantitative estimate of drug-likeness (QED) is 0.326. The molecule has 0 saturated carbocycles. The van der Waals surface area contributed by atoms with Crippen molar-refractivity contribution in [1.82, 2.24) is 15.1 Å². The molecule has 10 heteroatoms. The second-order valence-corrected chi connectivity index (χ2v) is 7.81. The summed E-state index contributed by atoms with van der Waals surface area (Å²) in [5, 5.41) is 10.4. The molecule has 0 atom stereocenters. The lowest BCUT2D eigenvalue weighted by Gasteiger charge is -2.13. The molecule has 9 nitrogen and oxygen atoms in total. The van der Waals surface area contributed by atoms with Crippen LogP contribution in [-0.4, -0.2) is 29.3 Å². The van der Waals surface area contributed by atoms with E-state index in [1.807, 2.05) is 12.1 Å². The fourth-order valence-corrected chi connectivity index (χ4v) is 3.16. The van der Waals surface area contributed by atoms with E-state index in [0.29, 0.717) is 45.5 Å². The molecule has 34 heavy (non-hydrogen) atoms. The van der Waals surface area contributed by atoms with E-state index in [1.165, 1.54) is 26.2 Å². The molecule has 0 aliphatic heterocycles. The van der Waals surface area contributed by atoms with Crippen LogP contribution in [0.4, 0.5) is 16.0 Å². The number of hydrogen-bond donors (Lipinski definition) is 2. The minimum Gasteiger partial charge on any atom is -0.493 e. The normalized spacial score (nSPS) is 11.2. The zero-order valence-electron chi connectivity index (χ0n) is 19.2. The van der Waals surface area contributed by atoms with E-state index in [2.05, 4.69) is 32.3 Å². The summed E-state index contributed by atoms with van der Waals surface area (Å²) in [5.41, 5.74) is -0.0791. The zero-order chi connectivity index (χ0) is 24.3. The predicted molar refractivity (Wildman–Crippen MR) is 126 cm³/mol. The molecule has 4 aromatic rings. The summed E-state index contributed by atoms with van der Waals surface area (Å²) < 4.78 is 35.9. The van der Waals surface area contributed by atoms with Gasteiger partial charge in [0.15, 0.2) is 17.2 Å². The van der Waals surface area contributed by atoms with E-state index in [0.717, 1.165) is 0 Å². The molecule has 2 aromatic carbocycles. The summed E-state index contributed by atoms with van der Waals surface area (Å²) >= 11 is 0. The maximum absolute atomic E-state index is 14.0. The van der Waals surface area contributed by atoms with E-state index in [-0.39, 0.29) is 11.6 Å². The third-order valence-corrected chi connectivity index (χ3v) is 4.84. The van der Waals surface area contributed by atoms with E-state index < -0.39 is 5.67 Å². The molecule has 4 rings (SSSR count). The van der Waals surface area contributed by atoms with Crippen molar-refractivity contribution in [2.45, 2.75) is 19.5 Å². The van der Waals surface area contributed by atoms with Crippen molar-refractivity contribution in [2.75, 3.05) is 24.9 Å². The van der Waals surface area contributed by atoms with E-state index >= 15 is 0 Å². The molecule has 2 aromatic heterocycles. The maximum Gasteiger partial charge on any atom is 0.230 e. The van der Waals surface area contributed by atoms with Gasteiger partial charge in [0.1, 0.15) is 23.6 Å². The largest absolute Gasteiger partial charge is 0.493 e. The third kappa shape index (κ3) is 5.01. The van der Waals surface area contributed by atoms with Crippen molar-refractivity contribution in [3.05, 3.63) is 66.9 Å². The fraction of sp³-hybridized carbons (Fsp3) is 0.208. The smallest absolute Gasteiger partial charge is 0.230 e. The predicted octanol–water partition coefficient (Wildman–Crippen LogP) is 5.63. The number of halogens is 1. The fourth-order valence-electron chi connectivity index (χ4n) is 3.16. The number of alkyl halides is 1. The molecule has 0 aliphatic carbocycles. The maximum atomic E-state index is 14.0. The number of fused-ring (bicyclic) bond motifs is 1. The van der Waals surface area contributed by atoms with Gasteiger partial charge in [0.05, 0.1) is 25.1 Å². The summed E-state index contributed by atoms with van der Waals surface area (Å²) in [4.78, 5) is 8.56. The lowest BCUT2D eigenvalue weighted by molar-refractivity contribution is 0.205. The van der Waals surface area contributed by atoms with Crippen molar-refractivity contribution in [1.29, 1.82) is 0 Å². The van der Waals surface area contributed by atoms with E-state index in [1.54, 1.807) is 38.5 Å². The third-order valence-electron chi connectivity index (χ3n) is 4.84. The van der Waals surface area contributed by atoms with Gasteiger partial charge in [0.2, 0.25) is 11.8 Å². The number of ether oxygens (including phenoxy) is 3. The van der Waals surface area contributed by atoms with Gasteiger partial charge in [-0.1, -0.05) is 17.8 Å². The molecule has 0 amide bonds. The summed E-state index contributed by atoms with van der Waals surface area (Å²) in [6.45, 7) is 6.72. The van der Waals surface area contributed by atoms with Crippen molar-refractivity contribution in [3.63, 3.8) is 0 Å². The first-order valence-electron chi connectivity index (χ1n) is 10.3. The van der Waals surface area contributed by atoms with Crippen molar-refractivity contribution < 1.29 is 23.1 Å². The van der Waals surface area contributed by atoms with Gasteiger partial charge in [-0.15, -0.1) is 0 Å². The minimum absolute atomic E-state index is 0.185. The highest BCUT2D eigenvalue weighted by Gasteiger charge is 2.23. The Kier molecular flexibility index (Phi) is 6.22. The summed E-state index contributed by atoms with van der Waals surface area (Å²) in [7, 11) is 3.12. The Bertz CT molecular complexity index is 1330. The lowest BCUT2D eigenvalue weighted by Crippen LogP contribution is -2.09. The number of hydrogen-bond acceptors (Lipinski definition) is 9. The molecule has 2 N–H and O–H groups in total. The Morgan fingerprint density at radius 2 is 1.79 bits per heavy atom. The summed E-state index contributed by atoms with van der Waals surface area (Å²) in [5.74, 6) is 2.67. The van der Waals surface area contributed by atoms with E-state index in [4.69, 9.17) is 18.7 Å². The Hall–Kier alpha value is -4.34. The number of nitrogens with zero attached hydrogens (tertiary/aromatic N) is 3. The van der Waals surface area contributed by atoms with Crippen LogP contribution in [0.2, 0.25) is 0 Å². The molecular formula is C24H24FN5O4. The number of methoxy groups -OCH3 is 2. The molecule has 176 valence electrons. The average molecular weight is 465 g/mol. The van der Waals surface area contributed by atoms with Crippen LogP contribution in [0.15, 0.2) is 65.7 Å². The highest BCUT2D eigenvalue weighted by atomic mass is 19.1. The van der Waals surface area contributed by atoms with Gasteiger partial charge in [0.25, 0.3) is 0 Å². The second kappa shape index (κ2) is 9.26. The molecular weight excluding hydrogens is 441 g/mol. The van der Waals surface area contributed by atoms with Crippen LogP contribution in [0.3, 0.4) is 0 Å². The summed E-state index contributed by atoms with van der Waals surface area (Å²) in [6, 6.07) is 12.2. The topological polar surface area (TPSA) is 104 Å². The Morgan fingerprint density at radius 3 is 2.50 bits per heavy atom. The molecule has 0 aliphatic rings. The highest BCUT2D eigenvalue weighted by Crippen LogP contribution is 2.36. The monoisotopic (exact) mass is 465 g/mol. The van der Waals surface area contributed by atoms with Crippen LogP contribution in [0, 0.1) is 0 Å². The van der Waals surface area contributed by atoms with Crippen molar-refractivity contribution in [2.24, 2.45) is 0 Å². The first kappa shape index (κ1) is 22.8. The molecule has 0 bridgehead atoms. The van der Waals surface area contributed by atoms with Gasteiger partial charge in [-0.2, -0.15) is 0 Å². The number of nitrogens with one attached hydrogen (secondary N) is 2. The zero-order valence-corrected chi connectivity index (χ0v) is 19.2. The number of anilines is 2. The van der Waals surface area contributed by atoms with Gasteiger partial charge in [-0.25, -0.2) is 14.4 Å². The van der Waals surface area contributed by atoms with Crippen LogP contribution in [-0.2, 0) is 5.67 Å². The van der Waals surface area contributed by atoms with Gasteiger partial charge in [-0.3, -0.25) is 0 Å². The second-order valence-electron chi connectivity index (χ2n) is 7.81. The first-order chi connectivity index (χ1) is 16.3. The molecule has 2 heterocycles. The van der Waals surface area contributed by atoms with Crippen LogP contribution >= 0.6 is 0 Å². The van der Waals surface area contributed by atoms with Crippen molar-refractivity contribution >= 4 is 22.5 Å². The molecule has 0 radical (unpaired) electrons. The van der Waals surface area contributed by atoms with Gasteiger partial charge >= 0.3 is 0 Å². The van der Waals surface area contributed by atoms with Gasteiger partial charge in [-0.05, 0) is 32.0 Å².